The number of hydrogen-bond acceptors (Lipinski definition) is 4. The average Bonchev–Trinajstić information content (AvgIpc) is 2.24. The Labute approximate surface area is 112 Å². The molecule has 1 aromatic carbocycles. The molecule has 6 heteroatoms. The van der Waals surface area contributed by atoms with Gasteiger partial charge in [-0.05, 0) is 24.3 Å². The van der Waals surface area contributed by atoms with E-state index in [1.165, 1.54) is 0 Å². The largest absolute Gasteiger partial charge is 0.497 e. The van der Waals surface area contributed by atoms with Crippen LogP contribution in [0.15, 0.2) is 24.3 Å². The van der Waals surface area contributed by atoms with Crippen molar-refractivity contribution in [2.75, 3.05) is 19.5 Å². The molecule has 18 heavy (non-hydrogen) atoms. The Hall–Kier alpha value is -0.940. The second kappa shape index (κ2) is 5.80. The van der Waals surface area contributed by atoms with Crippen molar-refractivity contribution in [3.63, 3.8) is 0 Å². The monoisotopic (exact) mass is 292 g/mol. The third-order valence-corrected chi connectivity index (χ3v) is 3.71. The first kappa shape index (κ1) is 15.1. The zero-order valence-corrected chi connectivity index (χ0v) is 12.2. The minimum atomic E-state index is -3.52. The van der Waals surface area contributed by atoms with Crippen molar-refractivity contribution < 1.29 is 17.9 Å². The Morgan fingerprint density at radius 3 is 2.11 bits per heavy atom. The fourth-order valence-electron chi connectivity index (χ4n) is 1.46. The molecule has 102 valence electrons. The lowest BCUT2D eigenvalue weighted by Crippen LogP contribution is -2.28. The third kappa shape index (κ3) is 5.60. The molecule has 0 amide bonds. The van der Waals surface area contributed by atoms with Crippen molar-refractivity contribution in [1.29, 1.82) is 0 Å². The molecule has 1 aromatic rings. The second-order valence-corrected chi connectivity index (χ2v) is 7.59. The lowest BCUT2D eigenvalue weighted by molar-refractivity contribution is 0.200. The van der Waals surface area contributed by atoms with Gasteiger partial charge in [-0.1, -0.05) is 13.8 Å². The number of rotatable bonds is 6. The summed E-state index contributed by atoms with van der Waals surface area (Å²) in [5.41, 5.74) is -0.541. The van der Waals surface area contributed by atoms with Crippen LogP contribution in [0.5, 0.6) is 11.5 Å². The van der Waals surface area contributed by atoms with E-state index < -0.39 is 14.5 Å². The molecule has 0 radical (unpaired) electrons. The van der Waals surface area contributed by atoms with Crippen LogP contribution in [-0.2, 0) is 9.05 Å². The van der Waals surface area contributed by atoms with Gasteiger partial charge in [0.25, 0.3) is 0 Å². The Kier molecular flexibility index (Phi) is 4.87. The summed E-state index contributed by atoms with van der Waals surface area (Å²) in [6, 6.07) is 7.09. The summed E-state index contributed by atoms with van der Waals surface area (Å²) < 4.78 is 32.6. The highest BCUT2D eigenvalue weighted by Crippen LogP contribution is 2.23. The molecular weight excluding hydrogens is 276 g/mol. The molecule has 0 saturated heterocycles. The molecular formula is C12H17ClO4S. The van der Waals surface area contributed by atoms with E-state index in [2.05, 4.69) is 0 Å². The summed E-state index contributed by atoms with van der Waals surface area (Å²) in [4.78, 5) is 0. The third-order valence-electron chi connectivity index (χ3n) is 2.25. The summed E-state index contributed by atoms with van der Waals surface area (Å²) in [6.45, 7) is 3.85. The molecule has 0 aliphatic heterocycles. The predicted octanol–water partition coefficient (Wildman–Crippen LogP) is 2.67. The second-order valence-electron chi connectivity index (χ2n) is 4.81. The molecule has 0 aliphatic carbocycles. The van der Waals surface area contributed by atoms with Gasteiger partial charge < -0.3 is 9.47 Å². The maximum absolute atomic E-state index is 11.0. The van der Waals surface area contributed by atoms with E-state index in [0.717, 1.165) is 5.75 Å². The molecule has 0 N–H and O–H groups in total. The fourth-order valence-corrected chi connectivity index (χ4v) is 3.36. The molecule has 1 rings (SSSR count). The van der Waals surface area contributed by atoms with E-state index in [0.29, 0.717) is 5.75 Å². The van der Waals surface area contributed by atoms with E-state index >= 15 is 0 Å². The molecule has 0 bridgehead atoms. The number of ether oxygens (including phenoxy) is 2. The first-order valence-corrected chi connectivity index (χ1v) is 7.89. The van der Waals surface area contributed by atoms with E-state index in [1.807, 2.05) is 0 Å². The Balaban J connectivity index is 2.58. The number of hydrogen-bond donors (Lipinski definition) is 0. The van der Waals surface area contributed by atoms with E-state index in [9.17, 15) is 8.42 Å². The quantitative estimate of drug-likeness (QED) is 0.757. The molecule has 0 fully saturated rings. The first-order chi connectivity index (χ1) is 8.22. The van der Waals surface area contributed by atoms with E-state index in [4.69, 9.17) is 20.2 Å². The van der Waals surface area contributed by atoms with Crippen molar-refractivity contribution >= 4 is 19.7 Å². The maximum Gasteiger partial charge on any atom is 0.233 e. The van der Waals surface area contributed by atoms with Gasteiger partial charge in [0.1, 0.15) is 11.5 Å². The van der Waals surface area contributed by atoms with Crippen LogP contribution in [0.25, 0.3) is 0 Å². The zero-order chi connectivity index (χ0) is 13.8. The predicted molar refractivity (Wildman–Crippen MR) is 71.9 cm³/mol. The van der Waals surface area contributed by atoms with Crippen LogP contribution in [0, 0.1) is 5.41 Å². The van der Waals surface area contributed by atoms with Gasteiger partial charge in [0.05, 0.1) is 19.5 Å². The van der Waals surface area contributed by atoms with Gasteiger partial charge in [0.15, 0.2) is 0 Å². The van der Waals surface area contributed by atoms with Gasteiger partial charge in [0, 0.05) is 16.1 Å². The van der Waals surface area contributed by atoms with Crippen LogP contribution in [0.2, 0.25) is 0 Å². The molecule has 0 saturated carbocycles. The minimum absolute atomic E-state index is 0.127. The average molecular weight is 293 g/mol. The van der Waals surface area contributed by atoms with Crippen molar-refractivity contribution in [2.24, 2.45) is 5.41 Å². The van der Waals surface area contributed by atoms with Crippen LogP contribution >= 0.6 is 10.7 Å². The first-order valence-electron chi connectivity index (χ1n) is 5.41. The van der Waals surface area contributed by atoms with E-state index in [-0.39, 0.29) is 12.4 Å². The molecule has 0 unspecified atom stereocenters. The lowest BCUT2D eigenvalue weighted by atomic mass is 9.98. The van der Waals surface area contributed by atoms with Crippen LogP contribution in [0.1, 0.15) is 13.8 Å². The van der Waals surface area contributed by atoms with Crippen LogP contribution in [0.3, 0.4) is 0 Å². The topological polar surface area (TPSA) is 52.6 Å². The fraction of sp³-hybridized carbons (Fsp3) is 0.500. The standard InChI is InChI=1S/C12H17ClO4S/c1-12(2,9-18(13,14)15)8-17-11-6-4-10(16-3)5-7-11/h4-7H,8-9H2,1-3H3. The van der Waals surface area contributed by atoms with Crippen LogP contribution in [0.4, 0.5) is 0 Å². The van der Waals surface area contributed by atoms with Crippen molar-refractivity contribution in [1.82, 2.24) is 0 Å². The summed E-state index contributed by atoms with van der Waals surface area (Å²) in [5, 5.41) is 0. The number of benzene rings is 1. The van der Waals surface area contributed by atoms with Gasteiger partial charge in [-0.15, -0.1) is 0 Å². The molecule has 0 spiro atoms. The normalized spacial score (nSPS) is 12.2. The lowest BCUT2D eigenvalue weighted by Gasteiger charge is -2.23. The number of halogens is 1. The van der Waals surface area contributed by atoms with Crippen molar-refractivity contribution in [3.8, 4) is 11.5 Å². The van der Waals surface area contributed by atoms with Gasteiger partial charge in [0.2, 0.25) is 9.05 Å². The smallest absolute Gasteiger partial charge is 0.233 e. The maximum atomic E-state index is 11.0. The van der Waals surface area contributed by atoms with Gasteiger partial charge in [-0.25, -0.2) is 8.42 Å². The SMILES string of the molecule is COc1ccc(OCC(C)(C)CS(=O)(=O)Cl)cc1. The van der Waals surface area contributed by atoms with Crippen molar-refractivity contribution in [2.45, 2.75) is 13.8 Å². The van der Waals surface area contributed by atoms with Gasteiger partial charge >= 0.3 is 0 Å². The minimum Gasteiger partial charge on any atom is -0.497 e. The van der Waals surface area contributed by atoms with Gasteiger partial charge in [-0.3, -0.25) is 0 Å². The highest BCUT2D eigenvalue weighted by molar-refractivity contribution is 8.13. The zero-order valence-electron chi connectivity index (χ0n) is 10.6. The van der Waals surface area contributed by atoms with Crippen molar-refractivity contribution in [3.05, 3.63) is 24.3 Å². The number of methoxy groups -OCH3 is 1. The molecule has 4 nitrogen and oxygen atoms in total. The van der Waals surface area contributed by atoms with Crippen LogP contribution < -0.4 is 9.47 Å². The van der Waals surface area contributed by atoms with Crippen LogP contribution in [-0.4, -0.2) is 27.9 Å². The Bertz CT molecular complexity index is 479. The molecule has 0 atom stereocenters. The highest BCUT2D eigenvalue weighted by Gasteiger charge is 2.25. The summed E-state index contributed by atoms with van der Waals surface area (Å²) in [5.74, 6) is 1.28. The van der Waals surface area contributed by atoms with Gasteiger partial charge in [-0.2, -0.15) is 0 Å². The molecule has 0 aromatic heterocycles. The Morgan fingerprint density at radius 2 is 1.67 bits per heavy atom. The molecule has 0 aliphatic rings. The highest BCUT2D eigenvalue weighted by atomic mass is 35.7. The summed E-state index contributed by atoms with van der Waals surface area (Å²) in [7, 11) is 3.30. The molecule has 0 heterocycles. The summed E-state index contributed by atoms with van der Waals surface area (Å²) in [6.07, 6.45) is 0. The summed E-state index contributed by atoms with van der Waals surface area (Å²) >= 11 is 0. The Morgan fingerprint density at radius 1 is 1.17 bits per heavy atom. The van der Waals surface area contributed by atoms with E-state index in [1.54, 1.807) is 45.2 Å².